The van der Waals surface area contributed by atoms with Gasteiger partial charge in [0.1, 0.15) is 0 Å². The monoisotopic (exact) mass is 308 g/mol. The number of nitrogens with zero attached hydrogens (tertiary/aromatic N) is 1. The second kappa shape index (κ2) is 6.15. The fourth-order valence-electron chi connectivity index (χ4n) is 2.85. The smallest absolute Gasteiger partial charge is 0.240 e. The van der Waals surface area contributed by atoms with Gasteiger partial charge in [0, 0.05) is 24.7 Å². The van der Waals surface area contributed by atoms with Gasteiger partial charge in [0.15, 0.2) is 11.5 Å². The van der Waals surface area contributed by atoms with Crippen LogP contribution in [0.1, 0.15) is 11.1 Å². The molecule has 6 heteroatoms. The minimum atomic E-state index is -0.0308. The van der Waals surface area contributed by atoms with Crippen LogP contribution in [-0.2, 0) is 17.8 Å². The molecule has 21 heavy (non-hydrogen) atoms. The van der Waals surface area contributed by atoms with Gasteiger partial charge in [0.2, 0.25) is 5.91 Å². The molecule has 2 heterocycles. The molecular formula is C15H20N2O3S. The van der Waals surface area contributed by atoms with Crippen LogP contribution < -0.4 is 14.8 Å². The summed E-state index contributed by atoms with van der Waals surface area (Å²) in [6, 6.07) is 3.99. The van der Waals surface area contributed by atoms with Gasteiger partial charge >= 0.3 is 0 Å². The van der Waals surface area contributed by atoms with E-state index in [0.717, 1.165) is 41.7 Å². The Morgan fingerprint density at radius 1 is 1.29 bits per heavy atom. The van der Waals surface area contributed by atoms with Gasteiger partial charge in [-0.1, -0.05) is 0 Å². The summed E-state index contributed by atoms with van der Waals surface area (Å²) in [5.74, 6) is 3.42. The molecule has 0 bridgehead atoms. The number of amides is 1. The van der Waals surface area contributed by atoms with E-state index in [1.807, 2.05) is 17.0 Å². The molecule has 2 aliphatic heterocycles. The Hall–Kier alpha value is -1.40. The summed E-state index contributed by atoms with van der Waals surface area (Å²) in [5, 5.41) is 3.25. The van der Waals surface area contributed by atoms with Crippen LogP contribution in [0.5, 0.6) is 11.5 Å². The predicted octanol–water partition coefficient (Wildman–Crippen LogP) is 1.25. The van der Waals surface area contributed by atoms with E-state index in [1.165, 1.54) is 5.56 Å². The molecule has 1 aromatic carbocycles. The van der Waals surface area contributed by atoms with E-state index in [0.29, 0.717) is 6.54 Å². The Morgan fingerprint density at radius 3 is 2.62 bits per heavy atom. The second-order valence-electron chi connectivity index (χ2n) is 5.26. The second-order valence-corrected chi connectivity index (χ2v) is 6.29. The van der Waals surface area contributed by atoms with E-state index >= 15 is 0 Å². The SMILES string of the molecule is COc1cc2c(cc1OC)CN(C(=O)C1CSCN1)CC2. The molecule has 1 fully saturated rings. The number of nitrogens with one attached hydrogen (secondary N) is 1. The number of methoxy groups -OCH3 is 2. The molecule has 1 aromatic rings. The zero-order valence-corrected chi connectivity index (χ0v) is 13.2. The highest BCUT2D eigenvalue weighted by Crippen LogP contribution is 2.33. The predicted molar refractivity (Wildman–Crippen MR) is 82.9 cm³/mol. The lowest BCUT2D eigenvalue weighted by molar-refractivity contribution is -0.133. The van der Waals surface area contributed by atoms with Crippen molar-refractivity contribution in [2.75, 3.05) is 32.4 Å². The van der Waals surface area contributed by atoms with Crippen molar-refractivity contribution in [2.45, 2.75) is 19.0 Å². The van der Waals surface area contributed by atoms with Crippen molar-refractivity contribution in [1.29, 1.82) is 0 Å². The lowest BCUT2D eigenvalue weighted by Crippen LogP contribution is -2.46. The van der Waals surface area contributed by atoms with Gasteiger partial charge in [-0.3, -0.25) is 10.1 Å². The molecule has 114 valence electrons. The zero-order chi connectivity index (χ0) is 14.8. The minimum absolute atomic E-state index is 0.0308. The average molecular weight is 308 g/mol. The number of thioether (sulfide) groups is 1. The molecule has 1 unspecified atom stereocenters. The Labute approximate surface area is 129 Å². The van der Waals surface area contributed by atoms with E-state index < -0.39 is 0 Å². The van der Waals surface area contributed by atoms with Gasteiger partial charge in [-0.2, -0.15) is 0 Å². The lowest BCUT2D eigenvalue weighted by atomic mass is 9.98. The number of carbonyl (C=O) groups excluding carboxylic acids is 1. The van der Waals surface area contributed by atoms with Crippen LogP contribution in [0.15, 0.2) is 12.1 Å². The largest absolute Gasteiger partial charge is 0.493 e. The molecule has 0 saturated carbocycles. The van der Waals surface area contributed by atoms with Gasteiger partial charge < -0.3 is 14.4 Å². The normalized spacial score (nSPS) is 21.0. The van der Waals surface area contributed by atoms with Gasteiger partial charge in [0.25, 0.3) is 0 Å². The Kier molecular flexibility index (Phi) is 4.26. The van der Waals surface area contributed by atoms with E-state index in [2.05, 4.69) is 5.32 Å². The van der Waals surface area contributed by atoms with Crippen LogP contribution in [0.2, 0.25) is 0 Å². The van der Waals surface area contributed by atoms with Crippen molar-refractivity contribution in [3.63, 3.8) is 0 Å². The molecule has 0 spiro atoms. The highest BCUT2D eigenvalue weighted by Gasteiger charge is 2.30. The molecule has 3 rings (SSSR count). The van der Waals surface area contributed by atoms with Crippen molar-refractivity contribution in [3.05, 3.63) is 23.3 Å². The number of hydrogen-bond donors (Lipinski definition) is 1. The number of hydrogen-bond acceptors (Lipinski definition) is 5. The summed E-state index contributed by atoms with van der Waals surface area (Å²) in [7, 11) is 3.28. The van der Waals surface area contributed by atoms with Crippen LogP contribution in [0.3, 0.4) is 0 Å². The number of ether oxygens (including phenoxy) is 2. The van der Waals surface area contributed by atoms with Crippen molar-refractivity contribution < 1.29 is 14.3 Å². The summed E-state index contributed by atoms with van der Waals surface area (Å²) in [4.78, 5) is 14.4. The van der Waals surface area contributed by atoms with E-state index in [4.69, 9.17) is 9.47 Å². The summed E-state index contributed by atoms with van der Waals surface area (Å²) < 4.78 is 10.7. The van der Waals surface area contributed by atoms with Crippen LogP contribution >= 0.6 is 11.8 Å². The first-order valence-corrected chi connectivity index (χ1v) is 8.22. The van der Waals surface area contributed by atoms with Crippen molar-refractivity contribution in [2.24, 2.45) is 0 Å². The van der Waals surface area contributed by atoms with E-state index in [1.54, 1.807) is 26.0 Å². The standard InChI is InChI=1S/C15H20N2O3S/c1-19-13-5-10-3-4-17(7-11(10)6-14(13)20-2)15(18)12-8-21-9-16-12/h5-6,12,16H,3-4,7-9H2,1-2H3. The van der Waals surface area contributed by atoms with Gasteiger partial charge in [-0.05, 0) is 29.7 Å². The Morgan fingerprint density at radius 2 is 2.00 bits per heavy atom. The number of fused-ring (bicyclic) bond motifs is 1. The highest BCUT2D eigenvalue weighted by molar-refractivity contribution is 7.99. The quantitative estimate of drug-likeness (QED) is 0.911. The molecule has 1 N–H and O–H groups in total. The molecule has 1 amide bonds. The first kappa shape index (κ1) is 14.5. The fraction of sp³-hybridized carbons (Fsp3) is 0.533. The Bertz CT molecular complexity index is 544. The molecule has 1 atom stereocenters. The number of benzene rings is 1. The topological polar surface area (TPSA) is 50.8 Å². The number of carbonyl (C=O) groups is 1. The molecule has 0 radical (unpaired) electrons. The molecule has 5 nitrogen and oxygen atoms in total. The van der Waals surface area contributed by atoms with Crippen molar-refractivity contribution >= 4 is 17.7 Å². The molecule has 2 aliphatic rings. The summed E-state index contributed by atoms with van der Waals surface area (Å²) in [6.45, 7) is 1.42. The van der Waals surface area contributed by atoms with Gasteiger partial charge in [-0.15, -0.1) is 11.8 Å². The summed E-state index contributed by atoms with van der Waals surface area (Å²) in [5.41, 5.74) is 2.39. The molecule has 1 saturated heterocycles. The maximum Gasteiger partial charge on any atom is 0.240 e. The summed E-state index contributed by atoms with van der Waals surface area (Å²) >= 11 is 1.78. The minimum Gasteiger partial charge on any atom is -0.493 e. The van der Waals surface area contributed by atoms with E-state index in [9.17, 15) is 4.79 Å². The van der Waals surface area contributed by atoms with E-state index in [-0.39, 0.29) is 11.9 Å². The van der Waals surface area contributed by atoms with Crippen molar-refractivity contribution in [3.8, 4) is 11.5 Å². The average Bonchev–Trinajstić information content (AvgIpc) is 3.06. The van der Waals surface area contributed by atoms with Gasteiger partial charge in [-0.25, -0.2) is 0 Å². The molecule has 0 aliphatic carbocycles. The fourth-order valence-corrected chi connectivity index (χ4v) is 3.78. The van der Waals surface area contributed by atoms with Crippen LogP contribution in [-0.4, -0.2) is 49.2 Å². The first-order chi connectivity index (χ1) is 10.2. The third kappa shape index (κ3) is 2.82. The Balaban J connectivity index is 1.79. The maximum absolute atomic E-state index is 12.5. The zero-order valence-electron chi connectivity index (χ0n) is 12.3. The third-order valence-corrected chi connectivity index (χ3v) is 4.98. The summed E-state index contributed by atoms with van der Waals surface area (Å²) in [6.07, 6.45) is 0.862. The maximum atomic E-state index is 12.5. The first-order valence-electron chi connectivity index (χ1n) is 7.06. The van der Waals surface area contributed by atoms with Crippen LogP contribution in [0.4, 0.5) is 0 Å². The lowest BCUT2D eigenvalue weighted by Gasteiger charge is -2.31. The highest BCUT2D eigenvalue weighted by atomic mass is 32.2. The van der Waals surface area contributed by atoms with Crippen LogP contribution in [0, 0.1) is 0 Å². The van der Waals surface area contributed by atoms with Crippen molar-refractivity contribution in [1.82, 2.24) is 10.2 Å². The van der Waals surface area contributed by atoms with Gasteiger partial charge in [0.05, 0.1) is 20.3 Å². The molecular weight excluding hydrogens is 288 g/mol. The van der Waals surface area contributed by atoms with Crippen LogP contribution in [0.25, 0.3) is 0 Å². The third-order valence-electron chi connectivity index (χ3n) is 4.04. The number of rotatable bonds is 3. The molecule has 0 aromatic heterocycles.